The highest BCUT2D eigenvalue weighted by Crippen LogP contribution is 2.17. The van der Waals surface area contributed by atoms with Crippen LogP contribution >= 0.6 is 0 Å². The number of nitrogens with two attached hydrogens (primary N) is 1. The minimum Gasteiger partial charge on any atom is -0.481 e. The van der Waals surface area contributed by atoms with E-state index in [4.69, 9.17) is 16.2 Å². The number of carboxylic acids is 1. The maximum atomic E-state index is 12.0. The van der Waals surface area contributed by atoms with Crippen LogP contribution in [-0.2, 0) is 4.79 Å². The molecule has 1 amide bonds. The largest absolute Gasteiger partial charge is 0.481 e. The van der Waals surface area contributed by atoms with Gasteiger partial charge in [-0.25, -0.2) is 0 Å². The van der Waals surface area contributed by atoms with Crippen LogP contribution in [0.2, 0.25) is 0 Å². The first-order valence-corrected chi connectivity index (χ1v) is 6.94. The Balaban J connectivity index is 1.96. The zero-order valence-corrected chi connectivity index (χ0v) is 12.0. The number of aromatic nitrogens is 1. The van der Waals surface area contributed by atoms with Crippen molar-refractivity contribution in [2.75, 3.05) is 6.54 Å². The van der Waals surface area contributed by atoms with Crippen LogP contribution in [0.4, 0.5) is 0 Å². The molecule has 6 N–H and O–H groups in total. The van der Waals surface area contributed by atoms with Gasteiger partial charge in [-0.2, -0.15) is 0 Å². The molecule has 0 aliphatic carbocycles. The summed E-state index contributed by atoms with van der Waals surface area (Å²) in [6.45, 7) is 0.431. The number of amidine groups is 1. The number of nitrogens with one attached hydrogen (secondary N) is 3. The van der Waals surface area contributed by atoms with Gasteiger partial charge in [0.2, 0.25) is 0 Å². The van der Waals surface area contributed by atoms with E-state index in [0.717, 1.165) is 10.9 Å². The fourth-order valence-electron chi connectivity index (χ4n) is 2.12. The highest BCUT2D eigenvalue weighted by molar-refractivity contribution is 6.02. The van der Waals surface area contributed by atoms with Gasteiger partial charge < -0.3 is 21.1 Å². The lowest BCUT2D eigenvalue weighted by Crippen LogP contribution is -2.24. The van der Waals surface area contributed by atoms with Gasteiger partial charge in [0, 0.05) is 29.4 Å². The van der Waals surface area contributed by atoms with Crippen molar-refractivity contribution < 1.29 is 14.7 Å². The topological polar surface area (TPSA) is 132 Å². The van der Waals surface area contributed by atoms with E-state index in [-0.39, 0.29) is 18.2 Å². The SMILES string of the molecule is N=C(N)c1ccc2[nH]c(C(=O)NCCCCC(=O)O)cc2c1. The average Bonchev–Trinajstić information content (AvgIpc) is 2.89. The number of aliphatic carboxylic acids is 1. The standard InChI is InChI=1S/C15H18N4O3/c16-14(17)9-4-5-11-10(7-9)8-12(19-11)15(22)18-6-2-1-3-13(20)21/h4-5,7-8,19H,1-3,6H2,(H3,16,17)(H,18,22)(H,20,21). The Bertz CT molecular complexity index is 721. The summed E-state index contributed by atoms with van der Waals surface area (Å²) in [4.78, 5) is 25.4. The number of carboxylic acid groups (broad SMARTS) is 1. The van der Waals surface area contributed by atoms with Gasteiger partial charge in [0.15, 0.2) is 0 Å². The molecule has 0 bridgehead atoms. The Kier molecular flexibility index (Phi) is 4.77. The molecule has 0 saturated carbocycles. The molecule has 7 nitrogen and oxygen atoms in total. The van der Waals surface area contributed by atoms with E-state index in [1.165, 1.54) is 0 Å². The smallest absolute Gasteiger partial charge is 0.303 e. The third-order valence-corrected chi connectivity index (χ3v) is 3.28. The first kappa shape index (κ1) is 15.6. The van der Waals surface area contributed by atoms with Crippen LogP contribution in [0.3, 0.4) is 0 Å². The monoisotopic (exact) mass is 302 g/mol. The summed E-state index contributed by atoms with van der Waals surface area (Å²) in [5, 5.41) is 19.5. The van der Waals surface area contributed by atoms with Crippen LogP contribution in [0.1, 0.15) is 35.3 Å². The minimum atomic E-state index is -0.830. The number of amides is 1. The molecule has 22 heavy (non-hydrogen) atoms. The number of unbranched alkanes of at least 4 members (excludes halogenated alkanes) is 1. The highest BCUT2D eigenvalue weighted by atomic mass is 16.4. The van der Waals surface area contributed by atoms with Gasteiger partial charge in [0.25, 0.3) is 5.91 Å². The number of carbonyl (C=O) groups is 2. The summed E-state index contributed by atoms with van der Waals surface area (Å²) in [5.74, 6) is -1.09. The molecule has 116 valence electrons. The molecule has 0 unspecified atom stereocenters. The highest BCUT2D eigenvalue weighted by Gasteiger charge is 2.10. The van der Waals surface area contributed by atoms with E-state index in [2.05, 4.69) is 10.3 Å². The maximum Gasteiger partial charge on any atom is 0.303 e. The zero-order valence-electron chi connectivity index (χ0n) is 12.0. The number of hydrogen-bond donors (Lipinski definition) is 5. The average molecular weight is 302 g/mol. The molecule has 0 atom stereocenters. The number of fused-ring (bicyclic) bond motifs is 1. The molecule has 0 saturated heterocycles. The van der Waals surface area contributed by atoms with Gasteiger partial charge >= 0.3 is 5.97 Å². The van der Waals surface area contributed by atoms with E-state index in [1.807, 2.05) is 0 Å². The number of carbonyl (C=O) groups excluding carboxylic acids is 1. The summed E-state index contributed by atoms with van der Waals surface area (Å²) in [6.07, 6.45) is 1.26. The summed E-state index contributed by atoms with van der Waals surface area (Å²) >= 11 is 0. The van der Waals surface area contributed by atoms with Crippen LogP contribution in [-0.4, -0.2) is 34.3 Å². The summed E-state index contributed by atoms with van der Waals surface area (Å²) in [6, 6.07) is 6.94. The van der Waals surface area contributed by atoms with Gasteiger partial charge in [0.05, 0.1) is 0 Å². The molecule has 0 aliphatic heterocycles. The second-order valence-corrected chi connectivity index (χ2v) is 5.01. The Morgan fingerprint density at radius 1 is 1.27 bits per heavy atom. The Morgan fingerprint density at radius 2 is 2.05 bits per heavy atom. The predicted octanol–water partition coefficient (Wildman–Crippen LogP) is 1.44. The number of H-pyrrole nitrogens is 1. The third-order valence-electron chi connectivity index (χ3n) is 3.28. The normalized spacial score (nSPS) is 10.5. The molecule has 0 fully saturated rings. The van der Waals surface area contributed by atoms with Crippen molar-refractivity contribution in [1.29, 1.82) is 5.41 Å². The third kappa shape index (κ3) is 3.85. The van der Waals surface area contributed by atoms with Gasteiger partial charge in [-0.15, -0.1) is 0 Å². The van der Waals surface area contributed by atoms with E-state index < -0.39 is 5.97 Å². The fourth-order valence-corrected chi connectivity index (χ4v) is 2.12. The van der Waals surface area contributed by atoms with Gasteiger partial charge in [-0.1, -0.05) is 0 Å². The second-order valence-electron chi connectivity index (χ2n) is 5.01. The quantitative estimate of drug-likeness (QED) is 0.301. The second kappa shape index (κ2) is 6.75. The van der Waals surface area contributed by atoms with Gasteiger partial charge in [-0.05, 0) is 37.1 Å². The number of nitrogen functional groups attached to an aromatic ring is 1. The van der Waals surface area contributed by atoms with E-state index in [0.29, 0.717) is 30.6 Å². The van der Waals surface area contributed by atoms with Crippen molar-refractivity contribution in [3.05, 3.63) is 35.5 Å². The molecule has 0 radical (unpaired) electrons. The fraction of sp³-hybridized carbons (Fsp3) is 0.267. The van der Waals surface area contributed by atoms with Crippen LogP contribution in [0.15, 0.2) is 24.3 Å². The molecule has 1 aromatic heterocycles. The predicted molar refractivity (Wildman–Crippen MR) is 83.1 cm³/mol. The number of aromatic amines is 1. The number of benzene rings is 1. The molecular weight excluding hydrogens is 284 g/mol. The van der Waals surface area contributed by atoms with Crippen molar-refractivity contribution in [2.24, 2.45) is 5.73 Å². The lowest BCUT2D eigenvalue weighted by Gasteiger charge is -2.02. The first-order chi connectivity index (χ1) is 10.5. The van der Waals surface area contributed by atoms with E-state index in [1.54, 1.807) is 24.3 Å². The Morgan fingerprint density at radius 3 is 2.73 bits per heavy atom. The Labute approximate surface area is 127 Å². The molecule has 2 aromatic rings. The molecule has 0 aliphatic rings. The lowest BCUT2D eigenvalue weighted by molar-refractivity contribution is -0.137. The zero-order chi connectivity index (χ0) is 16.1. The van der Waals surface area contributed by atoms with Crippen molar-refractivity contribution >= 4 is 28.6 Å². The van der Waals surface area contributed by atoms with Crippen molar-refractivity contribution in [3.8, 4) is 0 Å². The molecule has 1 heterocycles. The van der Waals surface area contributed by atoms with Crippen molar-refractivity contribution in [1.82, 2.24) is 10.3 Å². The summed E-state index contributed by atoms with van der Waals surface area (Å²) < 4.78 is 0. The Hall–Kier alpha value is -2.83. The van der Waals surface area contributed by atoms with Crippen LogP contribution in [0.5, 0.6) is 0 Å². The van der Waals surface area contributed by atoms with Crippen LogP contribution in [0.25, 0.3) is 10.9 Å². The van der Waals surface area contributed by atoms with Crippen molar-refractivity contribution in [3.63, 3.8) is 0 Å². The molecule has 7 heteroatoms. The molecule has 0 spiro atoms. The van der Waals surface area contributed by atoms with E-state index in [9.17, 15) is 9.59 Å². The van der Waals surface area contributed by atoms with Gasteiger partial charge in [-0.3, -0.25) is 15.0 Å². The van der Waals surface area contributed by atoms with Crippen molar-refractivity contribution in [2.45, 2.75) is 19.3 Å². The summed E-state index contributed by atoms with van der Waals surface area (Å²) in [7, 11) is 0. The number of hydrogen-bond acceptors (Lipinski definition) is 3. The lowest BCUT2D eigenvalue weighted by atomic mass is 10.1. The minimum absolute atomic E-state index is 0.0208. The summed E-state index contributed by atoms with van der Waals surface area (Å²) in [5.41, 5.74) is 7.26. The molecule has 2 rings (SSSR count). The first-order valence-electron chi connectivity index (χ1n) is 6.94. The maximum absolute atomic E-state index is 12.0. The van der Waals surface area contributed by atoms with Gasteiger partial charge in [0.1, 0.15) is 11.5 Å². The van der Waals surface area contributed by atoms with E-state index >= 15 is 0 Å². The van der Waals surface area contributed by atoms with Crippen LogP contribution in [0, 0.1) is 5.41 Å². The molecule has 1 aromatic carbocycles. The molecular formula is C15H18N4O3. The number of rotatable bonds is 7. The van der Waals surface area contributed by atoms with Crippen LogP contribution < -0.4 is 11.1 Å².